The van der Waals surface area contributed by atoms with Gasteiger partial charge in [0, 0.05) is 17.8 Å². The molecule has 6 nitrogen and oxygen atoms in total. The third kappa shape index (κ3) is 5.35. The van der Waals surface area contributed by atoms with Crippen LogP contribution in [0.1, 0.15) is 29.8 Å². The fraction of sp³-hybridized carbons (Fsp3) is 0.391. The first-order chi connectivity index (χ1) is 14.0. The van der Waals surface area contributed by atoms with E-state index >= 15 is 0 Å². The number of Topliss-reactive ketones (excluding diaryl/α,β-unsaturated/α-hetero) is 1. The summed E-state index contributed by atoms with van der Waals surface area (Å²) < 4.78 is 5.16. The van der Waals surface area contributed by atoms with Crippen molar-refractivity contribution in [2.75, 3.05) is 38.2 Å². The molecule has 154 valence electrons. The summed E-state index contributed by atoms with van der Waals surface area (Å²) in [5.41, 5.74) is 2.92. The minimum atomic E-state index is -0.0875. The van der Waals surface area contributed by atoms with Crippen molar-refractivity contribution in [3.8, 4) is 5.75 Å². The van der Waals surface area contributed by atoms with Gasteiger partial charge in [0.05, 0.1) is 33.3 Å². The van der Waals surface area contributed by atoms with Gasteiger partial charge >= 0.3 is 0 Å². The van der Waals surface area contributed by atoms with E-state index in [-0.39, 0.29) is 17.7 Å². The number of ether oxygens (including phenoxy) is 1. The van der Waals surface area contributed by atoms with Gasteiger partial charge in [0.25, 0.3) is 5.91 Å². The highest BCUT2D eigenvalue weighted by Crippen LogP contribution is 2.15. The number of carbonyl (C=O) groups is 2. The van der Waals surface area contributed by atoms with Gasteiger partial charge in [0.15, 0.2) is 11.8 Å². The first-order valence-corrected chi connectivity index (χ1v) is 10.1. The number of piperazine rings is 1. The Balaban J connectivity index is 1.47. The number of hydrogen-bond acceptors (Lipinski definition) is 4. The van der Waals surface area contributed by atoms with E-state index in [0.717, 1.165) is 48.7 Å². The average Bonchev–Trinajstić information content (AvgIpc) is 2.77. The number of carbonyl (C=O) groups excluding carboxylic acids is 2. The second-order valence-electron chi connectivity index (χ2n) is 7.54. The summed E-state index contributed by atoms with van der Waals surface area (Å²) >= 11 is 0. The van der Waals surface area contributed by atoms with Gasteiger partial charge < -0.3 is 19.9 Å². The molecule has 0 spiro atoms. The zero-order valence-electron chi connectivity index (χ0n) is 17.4. The Morgan fingerprint density at radius 3 is 2.24 bits per heavy atom. The zero-order chi connectivity index (χ0) is 20.8. The minimum Gasteiger partial charge on any atom is -0.497 e. The van der Waals surface area contributed by atoms with Gasteiger partial charge in [-0.1, -0.05) is 12.1 Å². The van der Waals surface area contributed by atoms with Crippen molar-refractivity contribution in [2.24, 2.45) is 0 Å². The molecule has 2 aromatic carbocycles. The van der Waals surface area contributed by atoms with Crippen molar-refractivity contribution >= 4 is 17.4 Å². The molecule has 0 radical (unpaired) electrons. The summed E-state index contributed by atoms with van der Waals surface area (Å²) in [6, 6.07) is 15.4. The highest BCUT2D eigenvalue weighted by molar-refractivity contribution is 5.94. The number of nitrogens with one attached hydrogen (secondary N) is 2. The molecule has 0 aliphatic carbocycles. The lowest BCUT2D eigenvalue weighted by atomic mass is 10.1. The molecule has 1 aliphatic rings. The highest BCUT2D eigenvalue weighted by atomic mass is 16.5. The molecule has 2 aromatic rings. The lowest BCUT2D eigenvalue weighted by Crippen LogP contribution is -3.19. The molecule has 1 aliphatic heterocycles. The van der Waals surface area contributed by atoms with Gasteiger partial charge in [0.2, 0.25) is 0 Å². The summed E-state index contributed by atoms with van der Waals surface area (Å²) in [5, 5.41) is 3.05. The Hall–Kier alpha value is -2.86. The van der Waals surface area contributed by atoms with Crippen molar-refractivity contribution in [2.45, 2.75) is 26.4 Å². The summed E-state index contributed by atoms with van der Waals surface area (Å²) in [6.07, 6.45) is 0. The molecule has 0 aromatic heterocycles. The van der Waals surface area contributed by atoms with Gasteiger partial charge in [-0.15, -0.1) is 0 Å². The summed E-state index contributed by atoms with van der Waals surface area (Å²) in [5.74, 6) is 0.974. The molecular weight excluding hydrogens is 366 g/mol. The molecule has 0 unspecified atom stereocenters. The van der Waals surface area contributed by atoms with Crippen LogP contribution in [-0.4, -0.2) is 51.0 Å². The molecular formula is C23H30N3O3+. The molecule has 1 fully saturated rings. The molecule has 3 rings (SSSR count). The third-order valence-corrected chi connectivity index (χ3v) is 5.68. The van der Waals surface area contributed by atoms with Crippen LogP contribution in [-0.2, 0) is 11.3 Å². The fourth-order valence-corrected chi connectivity index (χ4v) is 3.66. The number of anilines is 1. The Morgan fingerprint density at radius 2 is 1.69 bits per heavy atom. The molecule has 0 saturated carbocycles. The monoisotopic (exact) mass is 396 g/mol. The normalized spacial score (nSPS) is 15.6. The number of nitrogens with zero attached hydrogens (tertiary/aromatic N) is 1. The maximum absolute atomic E-state index is 12.6. The second-order valence-corrected chi connectivity index (χ2v) is 7.54. The molecule has 29 heavy (non-hydrogen) atoms. The Labute approximate surface area is 172 Å². The van der Waals surface area contributed by atoms with Crippen LogP contribution < -0.4 is 19.9 Å². The smallest absolute Gasteiger partial charge is 0.278 e. The summed E-state index contributed by atoms with van der Waals surface area (Å²) in [7, 11) is 1.64. The van der Waals surface area contributed by atoms with E-state index in [1.165, 1.54) is 4.90 Å². The lowest BCUT2D eigenvalue weighted by molar-refractivity contribution is -0.914. The molecule has 2 N–H and O–H groups in total. The van der Waals surface area contributed by atoms with Crippen LogP contribution in [0.4, 0.5) is 5.69 Å². The largest absolute Gasteiger partial charge is 0.497 e. The van der Waals surface area contributed by atoms with Gasteiger partial charge in [-0.3, -0.25) is 9.59 Å². The number of benzene rings is 2. The van der Waals surface area contributed by atoms with Crippen LogP contribution in [0.15, 0.2) is 48.5 Å². The number of ketones is 1. The molecule has 1 saturated heterocycles. The van der Waals surface area contributed by atoms with Crippen LogP contribution in [0.3, 0.4) is 0 Å². The van der Waals surface area contributed by atoms with E-state index in [2.05, 4.69) is 10.2 Å². The average molecular weight is 397 g/mol. The van der Waals surface area contributed by atoms with E-state index < -0.39 is 0 Å². The number of hydrogen-bond donors (Lipinski definition) is 2. The SMILES string of the molecule is COc1ccc(CNC(=O)[C@@H](C)[NH+]2CCN(c3ccc(C(C)=O)cc3)CC2)cc1. The van der Waals surface area contributed by atoms with Crippen LogP contribution >= 0.6 is 0 Å². The summed E-state index contributed by atoms with van der Waals surface area (Å²) in [6.45, 7) is 7.70. The van der Waals surface area contributed by atoms with E-state index in [1.807, 2.05) is 55.5 Å². The van der Waals surface area contributed by atoms with E-state index in [0.29, 0.717) is 6.54 Å². The summed E-state index contributed by atoms with van der Waals surface area (Å²) in [4.78, 5) is 27.6. The van der Waals surface area contributed by atoms with Gasteiger partial charge in [-0.25, -0.2) is 0 Å². The zero-order valence-corrected chi connectivity index (χ0v) is 17.4. The Bertz CT molecular complexity index is 825. The number of quaternary nitrogens is 1. The molecule has 1 amide bonds. The van der Waals surface area contributed by atoms with E-state index in [4.69, 9.17) is 4.74 Å². The standard InChI is InChI=1S/C23H29N3O3/c1-17(23(28)24-16-19-4-10-22(29-3)11-5-19)25-12-14-26(15-13-25)21-8-6-20(7-9-21)18(2)27/h4-11,17H,12-16H2,1-3H3,(H,24,28)/p+1/t17-/m1/s1. The van der Waals surface area contributed by atoms with Crippen molar-refractivity contribution < 1.29 is 19.2 Å². The number of rotatable bonds is 7. The Kier molecular flexibility index (Phi) is 6.88. The molecule has 1 atom stereocenters. The van der Waals surface area contributed by atoms with Crippen molar-refractivity contribution in [3.05, 3.63) is 59.7 Å². The highest BCUT2D eigenvalue weighted by Gasteiger charge is 2.29. The van der Waals surface area contributed by atoms with Crippen LogP contribution in [0, 0.1) is 0 Å². The van der Waals surface area contributed by atoms with Crippen molar-refractivity contribution in [3.63, 3.8) is 0 Å². The van der Waals surface area contributed by atoms with Crippen molar-refractivity contribution in [1.29, 1.82) is 0 Å². The second kappa shape index (κ2) is 9.56. The van der Waals surface area contributed by atoms with Gasteiger partial charge in [-0.2, -0.15) is 0 Å². The third-order valence-electron chi connectivity index (χ3n) is 5.68. The predicted octanol–water partition coefficient (Wildman–Crippen LogP) is 1.31. The lowest BCUT2D eigenvalue weighted by Gasteiger charge is -2.36. The number of methoxy groups -OCH3 is 1. The van der Waals surface area contributed by atoms with Crippen LogP contribution in [0.5, 0.6) is 5.75 Å². The first-order valence-electron chi connectivity index (χ1n) is 10.1. The number of amides is 1. The quantitative estimate of drug-likeness (QED) is 0.693. The maximum Gasteiger partial charge on any atom is 0.278 e. The van der Waals surface area contributed by atoms with Crippen LogP contribution in [0.25, 0.3) is 0 Å². The minimum absolute atomic E-state index is 0.0788. The van der Waals surface area contributed by atoms with E-state index in [1.54, 1.807) is 14.0 Å². The molecule has 6 heteroatoms. The van der Waals surface area contributed by atoms with Crippen LogP contribution in [0.2, 0.25) is 0 Å². The van der Waals surface area contributed by atoms with Gasteiger partial charge in [0.1, 0.15) is 5.75 Å². The van der Waals surface area contributed by atoms with Crippen molar-refractivity contribution in [1.82, 2.24) is 5.32 Å². The van der Waals surface area contributed by atoms with Gasteiger partial charge in [-0.05, 0) is 55.8 Å². The molecule has 0 bridgehead atoms. The predicted molar refractivity (Wildman–Crippen MR) is 114 cm³/mol. The van der Waals surface area contributed by atoms with E-state index in [9.17, 15) is 9.59 Å². The molecule has 1 heterocycles. The fourth-order valence-electron chi connectivity index (χ4n) is 3.66. The first kappa shape index (κ1) is 20.9. The Morgan fingerprint density at radius 1 is 1.07 bits per heavy atom. The topological polar surface area (TPSA) is 63.1 Å². The maximum atomic E-state index is 12.6.